The van der Waals surface area contributed by atoms with Crippen LogP contribution in [0.5, 0.6) is 0 Å². The maximum atomic E-state index is 13.5. The van der Waals surface area contributed by atoms with Crippen LogP contribution in [0.25, 0.3) is 10.9 Å². The first-order valence-electron chi connectivity index (χ1n) is 9.59. The molecule has 2 N–H and O–H groups in total. The molecule has 0 saturated heterocycles. The Kier molecular flexibility index (Phi) is 5.89. The molecule has 1 heterocycles. The number of hydrogen-bond donors (Lipinski definition) is 2. The van der Waals surface area contributed by atoms with Gasteiger partial charge in [0.25, 0.3) is 0 Å². The fourth-order valence-corrected chi connectivity index (χ4v) is 3.64. The number of rotatable bonds is 8. The molecule has 3 nitrogen and oxygen atoms in total. The Labute approximate surface area is 155 Å². The third-order valence-corrected chi connectivity index (χ3v) is 5.02. The predicted molar refractivity (Wildman–Crippen MR) is 109 cm³/mol. The van der Waals surface area contributed by atoms with Crippen molar-refractivity contribution in [2.45, 2.75) is 52.1 Å². The number of aromatic amines is 1. The van der Waals surface area contributed by atoms with Crippen molar-refractivity contribution in [2.75, 3.05) is 0 Å². The average molecular weight is 348 g/mol. The van der Waals surface area contributed by atoms with E-state index >= 15 is 0 Å². The molecule has 1 aromatic heterocycles. The Morgan fingerprint density at radius 1 is 1.08 bits per heavy atom. The molecule has 2 aromatic carbocycles. The summed E-state index contributed by atoms with van der Waals surface area (Å²) in [7, 11) is 0. The van der Waals surface area contributed by atoms with E-state index in [1.807, 2.05) is 48.7 Å². The van der Waals surface area contributed by atoms with Crippen LogP contribution in [-0.2, 0) is 6.42 Å². The lowest BCUT2D eigenvalue weighted by Gasteiger charge is -2.22. The lowest BCUT2D eigenvalue weighted by molar-refractivity contribution is 0.0937. The first-order chi connectivity index (χ1) is 12.7. The van der Waals surface area contributed by atoms with E-state index in [0.29, 0.717) is 0 Å². The highest BCUT2D eigenvalue weighted by Crippen LogP contribution is 2.27. The summed E-state index contributed by atoms with van der Waals surface area (Å²) in [6.45, 7) is 6.46. The van der Waals surface area contributed by atoms with Crippen LogP contribution in [0, 0.1) is 0 Å². The molecule has 26 heavy (non-hydrogen) atoms. The molecule has 0 amide bonds. The highest BCUT2D eigenvalue weighted by molar-refractivity contribution is 6.11. The number of hydrogen-bond acceptors (Lipinski definition) is 2. The van der Waals surface area contributed by atoms with Crippen molar-refractivity contribution < 1.29 is 4.79 Å². The molecule has 0 fully saturated rings. The van der Waals surface area contributed by atoms with Crippen molar-refractivity contribution in [2.24, 2.45) is 0 Å². The van der Waals surface area contributed by atoms with E-state index in [-0.39, 0.29) is 17.9 Å². The molecule has 0 bridgehead atoms. The number of benzene rings is 2. The number of ketones is 1. The van der Waals surface area contributed by atoms with E-state index in [1.54, 1.807) is 0 Å². The number of carbonyl (C=O) groups excluding carboxylic acids is 1. The van der Waals surface area contributed by atoms with Gasteiger partial charge in [-0.2, -0.15) is 0 Å². The van der Waals surface area contributed by atoms with Crippen LogP contribution in [0.1, 0.15) is 61.1 Å². The second-order valence-electron chi connectivity index (χ2n) is 6.96. The number of H-pyrrole nitrogens is 1. The summed E-state index contributed by atoms with van der Waals surface area (Å²) in [5.74, 6) is 0.124. The molecule has 3 aromatic rings. The molecule has 0 aliphatic carbocycles. The summed E-state index contributed by atoms with van der Waals surface area (Å²) in [6.07, 6.45) is 4.95. The zero-order chi connectivity index (χ0) is 18.5. The van der Waals surface area contributed by atoms with Gasteiger partial charge in [0.05, 0.1) is 6.04 Å². The third-order valence-electron chi connectivity index (χ3n) is 5.02. The zero-order valence-electron chi connectivity index (χ0n) is 15.9. The smallest absolute Gasteiger partial charge is 0.186 e. The first kappa shape index (κ1) is 18.4. The number of fused-ring (bicyclic) bond motifs is 1. The van der Waals surface area contributed by atoms with Gasteiger partial charge in [0.1, 0.15) is 0 Å². The Hall–Kier alpha value is -2.39. The van der Waals surface area contributed by atoms with Crippen LogP contribution in [0.4, 0.5) is 0 Å². The largest absolute Gasteiger partial charge is 0.360 e. The summed E-state index contributed by atoms with van der Waals surface area (Å²) in [4.78, 5) is 16.8. The van der Waals surface area contributed by atoms with Gasteiger partial charge in [0.15, 0.2) is 5.78 Å². The van der Waals surface area contributed by atoms with Crippen LogP contribution in [0.15, 0.2) is 54.7 Å². The van der Waals surface area contributed by atoms with Crippen molar-refractivity contribution in [3.8, 4) is 0 Å². The molecular formula is C23H28N2O. The van der Waals surface area contributed by atoms with Crippen molar-refractivity contribution in [1.82, 2.24) is 10.3 Å². The van der Waals surface area contributed by atoms with Crippen LogP contribution >= 0.6 is 0 Å². The fraction of sp³-hybridized carbons (Fsp3) is 0.348. The van der Waals surface area contributed by atoms with Gasteiger partial charge in [0.2, 0.25) is 0 Å². The minimum atomic E-state index is -0.331. The Morgan fingerprint density at radius 2 is 1.85 bits per heavy atom. The van der Waals surface area contributed by atoms with Crippen LogP contribution < -0.4 is 5.32 Å². The van der Waals surface area contributed by atoms with Crippen LogP contribution in [0.3, 0.4) is 0 Å². The molecule has 3 heteroatoms. The van der Waals surface area contributed by atoms with Crippen molar-refractivity contribution >= 4 is 16.7 Å². The quantitative estimate of drug-likeness (QED) is 0.533. The maximum Gasteiger partial charge on any atom is 0.186 e. The van der Waals surface area contributed by atoms with Crippen molar-refractivity contribution in [3.63, 3.8) is 0 Å². The number of aryl methyl sites for hydroxylation is 1. The van der Waals surface area contributed by atoms with E-state index in [0.717, 1.165) is 41.3 Å². The van der Waals surface area contributed by atoms with E-state index in [4.69, 9.17) is 0 Å². The number of Topliss-reactive ketones (excluding diaryl/α,β-unsaturated/α-hetero) is 1. The van der Waals surface area contributed by atoms with Crippen molar-refractivity contribution in [1.29, 1.82) is 0 Å². The van der Waals surface area contributed by atoms with E-state index in [1.165, 1.54) is 5.56 Å². The molecule has 2 atom stereocenters. The molecule has 0 unspecified atom stereocenters. The van der Waals surface area contributed by atoms with E-state index in [9.17, 15) is 4.79 Å². The molecule has 136 valence electrons. The predicted octanol–water partition coefficient (Wildman–Crippen LogP) is 5.43. The van der Waals surface area contributed by atoms with Gasteiger partial charge in [-0.15, -0.1) is 0 Å². The summed E-state index contributed by atoms with van der Waals surface area (Å²) in [5, 5.41) is 4.57. The molecule has 0 aliphatic heterocycles. The Morgan fingerprint density at radius 3 is 2.54 bits per heavy atom. The Bertz CT molecular complexity index is 866. The van der Waals surface area contributed by atoms with Crippen LogP contribution in [0.2, 0.25) is 0 Å². The van der Waals surface area contributed by atoms with Crippen molar-refractivity contribution in [3.05, 3.63) is 71.4 Å². The second-order valence-corrected chi connectivity index (χ2v) is 6.96. The zero-order valence-corrected chi connectivity index (χ0v) is 15.9. The van der Waals surface area contributed by atoms with Gasteiger partial charge in [-0.3, -0.25) is 4.79 Å². The van der Waals surface area contributed by atoms with Crippen LogP contribution in [-0.4, -0.2) is 16.8 Å². The number of carbonyl (C=O) groups is 1. The highest BCUT2D eigenvalue weighted by atomic mass is 16.1. The minimum absolute atomic E-state index is 0.124. The molecule has 0 saturated carbocycles. The van der Waals surface area contributed by atoms with E-state index in [2.05, 4.69) is 37.1 Å². The lowest BCUT2D eigenvalue weighted by Crippen LogP contribution is -2.35. The van der Waals surface area contributed by atoms with Gasteiger partial charge in [-0.25, -0.2) is 0 Å². The van der Waals surface area contributed by atoms with E-state index < -0.39 is 0 Å². The SMILES string of the molecule is CCC[C@@H](C)N[C@@H](C(=O)c1c[nH]c2c(CC)cccc12)c1ccccc1. The standard InChI is InChI=1S/C23H28N2O/c1-4-10-16(3)25-22(18-11-7-6-8-12-18)23(26)20-15-24-21-17(5-2)13-9-14-19(20)21/h6-9,11-16,22,24-25H,4-5,10H2,1-3H3/t16-,22-/m1/s1. The summed E-state index contributed by atoms with van der Waals surface area (Å²) < 4.78 is 0. The molecule has 0 aliphatic rings. The third kappa shape index (κ3) is 3.73. The molecular weight excluding hydrogens is 320 g/mol. The summed E-state index contributed by atoms with van der Waals surface area (Å²) in [5.41, 5.74) is 4.10. The minimum Gasteiger partial charge on any atom is -0.360 e. The average Bonchev–Trinajstić information content (AvgIpc) is 3.10. The number of nitrogens with one attached hydrogen (secondary N) is 2. The van der Waals surface area contributed by atoms with Gasteiger partial charge >= 0.3 is 0 Å². The van der Waals surface area contributed by atoms with Gasteiger partial charge in [-0.1, -0.05) is 68.8 Å². The fourth-order valence-electron chi connectivity index (χ4n) is 3.64. The molecule has 0 radical (unpaired) electrons. The first-order valence-corrected chi connectivity index (χ1v) is 9.59. The monoisotopic (exact) mass is 348 g/mol. The second kappa shape index (κ2) is 8.33. The molecule has 0 spiro atoms. The van der Waals surface area contributed by atoms with Gasteiger partial charge < -0.3 is 10.3 Å². The molecule has 3 rings (SSSR count). The highest BCUT2D eigenvalue weighted by Gasteiger charge is 2.25. The summed E-state index contributed by atoms with van der Waals surface area (Å²) >= 11 is 0. The lowest BCUT2D eigenvalue weighted by atomic mass is 9.95. The summed E-state index contributed by atoms with van der Waals surface area (Å²) in [6, 6.07) is 16.2. The Balaban J connectivity index is 2.00. The maximum absolute atomic E-state index is 13.5. The normalized spacial score (nSPS) is 13.7. The van der Waals surface area contributed by atoms with Gasteiger partial charge in [0, 0.05) is 28.7 Å². The topological polar surface area (TPSA) is 44.9 Å². The number of para-hydroxylation sites is 1. The number of aromatic nitrogens is 1. The van der Waals surface area contributed by atoms with Gasteiger partial charge in [-0.05, 0) is 30.9 Å².